The summed E-state index contributed by atoms with van der Waals surface area (Å²) in [5, 5.41) is 12.1. The zero-order valence-corrected chi connectivity index (χ0v) is 13.9. The molecule has 0 radical (unpaired) electrons. The second-order valence-electron chi connectivity index (χ2n) is 5.77. The van der Waals surface area contributed by atoms with Gasteiger partial charge in [0.1, 0.15) is 5.75 Å². The minimum atomic E-state index is -3.60. The van der Waals surface area contributed by atoms with Crippen LogP contribution < -0.4 is 14.8 Å². The molecule has 1 fully saturated rings. The summed E-state index contributed by atoms with van der Waals surface area (Å²) in [4.78, 5) is 13.6. The zero-order chi connectivity index (χ0) is 17.3. The maximum Gasteiger partial charge on any atom is 0.228 e. The van der Waals surface area contributed by atoms with E-state index in [4.69, 9.17) is 9.88 Å². The third kappa shape index (κ3) is 3.57. The van der Waals surface area contributed by atoms with Crippen molar-refractivity contribution < 1.29 is 17.9 Å². The second kappa shape index (κ2) is 6.25. The molecule has 8 nitrogen and oxygen atoms in total. The fourth-order valence-corrected chi connectivity index (χ4v) is 3.69. The van der Waals surface area contributed by atoms with Gasteiger partial charge in [0.25, 0.3) is 0 Å². The Morgan fingerprint density at radius 2 is 2.08 bits per heavy atom. The van der Waals surface area contributed by atoms with Gasteiger partial charge in [-0.3, -0.25) is 14.8 Å². The molecule has 1 aliphatic heterocycles. The minimum Gasteiger partial charge on any atom is -0.497 e. The smallest absolute Gasteiger partial charge is 0.228 e. The summed E-state index contributed by atoms with van der Waals surface area (Å²) in [7, 11) is -2.00. The number of benzene rings is 1. The molecule has 1 amide bonds. The quantitative estimate of drug-likeness (QED) is 0.824. The van der Waals surface area contributed by atoms with E-state index in [9.17, 15) is 13.2 Å². The lowest BCUT2D eigenvalue weighted by Gasteiger charge is -2.12. The first-order valence-electron chi connectivity index (χ1n) is 7.36. The van der Waals surface area contributed by atoms with Crippen molar-refractivity contribution in [1.82, 2.24) is 10.2 Å². The second-order valence-corrected chi connectivity index (χ2v) is 7.43. The molecule has 0 spiro atoms. The number of nitrogens with zero attached hydrogens (tertiary/aromatic N) is 2. The number of aromatic amines is 1. The molecule has 2 heterocycles. The van der Waals surface area contributed by atoms with Gasteiger partial charge in [-0.15, -0.1) is 0 Å². The molecule has 128 valence electrons. The highest BCUT2D eigenvalue weighted by Crippen LogP contribution is 2.28. The highest BCUT2D eigenvalue weighted by molar-refractivity contribution is 7.89. The number of nitrogens with one attached hydrogen (secondary N) is 1. The van der Waals surface area contributed by atoms with E-state index in [-0.39, 0.29) is 24.0 Å². The van der Waals surface area contributed by atoms with Gasteiger partial charge >= 0.3 is 0 Å². The van der Waals surface area contributed by atoms with Crippen molar-refractivity contribution in [2.45, 2.75) is 6.42 Å². The normalized spacial score (nSPS) is 18.2. The number of aromatic nitrogens is 2. The SMILES string of the molecule is COc1ccc(-c2cc(N3CC(CS(N)(=O)=O)CC3=O)n[nH]2)cc1. The molecule has 1 aromatic heterocycles. The van der Waals surface area contributed by atoms with Crippen molar-refractivity contribution in [2.24, 2.45) is 11.1 Å². The van der Waals surface area contributed by atoms with E-state index in [0.29, 0.717) is 12.4 Å². The van der Waals surface area contributed by atoms with Crippen LogP contribution in [0.2, 0.25) is 0 Å². The van der Waals surface area contributed by atoms with Crippen LogP contribution in [0.1, 0.15) is 6.42 Å². The first-order chi connectivity index (χ1) is 11.4. The zero-order valence-electron chi connectivity index (χ0n) is 13.1. The van der Waals surface area contributed by atoms with Gasteiger partial charge < -0.3 is 4.74 Å². The van der Waals surface area contributed by atoms with E-state index in [2.05, 4.69) is 10.2 Å². The number of hydrogen-bond acceptors (Lipinski definition) is 5. The molecular formula is C15H18N4O4S. The van der Waals surface area contributed by atoms with E-state index in [1.165, 1.54) is 4.90 Å². The average molecular weight is 350 g/mol. The number of methoxy groups -OCH3 is 1. The maximum absolute atomic E-state index is 12.1. The van der Waals surface area contributed by atoms with Crippen LogP contribution in [0.5, 0.6) is 5.75 Å². The summed E-state index contributed by atoms with van der Waals surface area (Å²) >= 11 is 0. The Morgan fingerprint density at radius 1 is 1.38 bits per heavy atom. The highest BCUT2D eigenvalue weighted by Gasteiger charge is 2.34. The fourth-order valence-electron chi connectivity index (χ4n) is 2.81. The first-order valence-corrected chi connectivity index (χ1v) is 9.08. The Bertz CT molecular complexity index is 845. The summed E-state index contributed by atoms with van der Waals surface area (Å²) in [6, 6.07) is 9.19. The van der Waals surface area contributed by atoms with Crippen LogP contribution in [0.4, 0.5) is 5.82 Å². The van der Waals surface area contributed by atoms with Crippen LogP contribution >= 0.6 is 0 Å². The van der Waals surface area contributed by atoms with Crippen LogP contribution in [0.15, 0.2) is 30.3 Å². The van der Waals surface area contributed by atoms with E-state index in [1.54, 1.807) is 13.2 Å². The number of nitrogens with two attached hydrogens (primary N) is 1. The van der Waals surface area contributed by atoms with Crippen molar-refractivity contribution in [2.75, 3.05) is 24.3 Å². The number of ether oxygens (including phenoxy) is 1. The summed E-state index contributed by atoms with van der Waals surface area (Å²) in [6.07, 6.45) is 0.154. The number of carbonyl (C=O) groups is 1. The Balaban J connectivity index is 1.76. The van der Waals surface area contributed by atoms with Gasteiger partial charge in [-0.25, -0.2) is 13.6 Å². The third-order valence-corrected chi connectivity index (χ3v) is 4.85. The number of hydrogen-bond donors (Lipinski definition) is 2. The molecule has 1 aromatic carbocycles. The monoisotopic (exact) mass is 350 g/mol. The molecule has 0 aliphatic carbocycles. The highest BCUT2D eigenvalue weighted by atomic mass is 32.2. The van der Waals surface area contributed by atoms with Crippen molar-refractivity contribution >= 4 is 21.7 Å². The molecule has 3 rings (SSSR count). The van der Waals surface area contributed by atoms with Gasteiger partial charge in [0.15, 0.2) is 5.82 Å². The van der Waals surface area contributed by atoms with Gasteiger partial charge in [0, 0.05) is 24.9 Å². The summed E-state index contributed by atoms with van der Waals surface area (Å²) < 4.78 is 27.5. The molecule has 0 saturated carbocycles. The molecule has 1 saturated heterocycles. The van der Waals surface area contributed by atoms with E-state index in [0.717, 1.165) is 17.0 Å². The van der Waals surface area contributed by atoms with Crippen molar-refractivity contribution in [1.29, 1.82) is 0 Å². The van der Waals surface area contributed by atoms with Gasteiger partial charge in [-0.1, -0.05) is 0 Å². The largest absolute Gasteiger partial charge is 0.497 e. The van der Waals surface area contributed by atoms with Crippen LogP contribution in [0.3, 0.4) is 0 Å². The molecule has 2 aromatic rings. The summed E-state index contributed by atoms with van der Waals surface area (Å²) in [5.41, 5.74) is 1.66. The van der Waals surface area contributed by atoms with E-state index in [1.807, 2.05) is 24.3 Å². The first kappa shape index (κ1) is 16.5. The molecule has 0 bridgehead atoms. The van der Waals surface area contributed by atoms with Gasteiger partial charge in [-0.05, 0) is 29.8 Å². The lowest BCUT2D eigenvalue weighted by Crippen LogP contribution is -2.27. The number of anilines is 1. The van der Waals surface area contributed by atoms with Gasteiger partial charge in [0.2, 0.25) is 15.9 Å². The average Bonchev–Trinajstić information content (AvgIpc) is 3.12. The summed E-state index contributed by atoms with van der Waals surface area (Å²) in [6.45, 7) is 0.294. The minimum absolute atomic E-state index is 0.154. The molecule has 9 heteroatoms. The molecule has 1 aliphatic rings. The third-order valence-electron chi connectivity index (χ3n) is 3.92. The Kier molecular flexibility index (Phi) is 4.29. The van der Waals surface area contributed by atoms with Crippen molar-refractivity contribution in [3.8, 4) is 17.0 Å². The van der Waals surface area contributed by atoms with Crippen LogP contribution in [-0.2, 0) is 14.8 Å². The predicted molar refractivity (Wildman–Crippen MR) is 89.0 cm³/mol. The Morgan fingerprint density at radius 3 is 2.71 bits per heavy atom. The van der Waals surface area contributed by atoms with Gasteiger partial charge in [0.05, 0.1) is 18.6 Å². The van der Waals surface area contributed by atoms with Crippen molar-refractivity contribution in [3.63, 3.8) is 0 Å². The van der Waals surface area contributed by atoms with Crippen molar-refractivity contribution in [3.05, 3.63) is 30.3 Å². The maximum atomic E-state index is 12.1. The lowest BCUT2D eigenvalue weighted by molar-refractivity contribution is -0.117. The molecule has 1 atom stereocenters. The Labute approximate surface area is 139 Å². The molecular weight excluding hydrogens is 332 g/mol. The number of rotatable bonds is 5. The summed E-state index contributed by atoms with van der Waals surface area (Å²) in [5.74, 6) is 0.553. The predicted octanol–water partition coefficient (Wildman–Crippen LogP) is 0.727. The van der Waals surface area contributed by atoms with E-state index < -0.39 is 10.0 Å². The topological polar surface area (TPSA) is 118 Å². The number of carbonyl (C=O) groups excluding carboxylic acids is 1. The van der Waals surface area contributed by atoms with E-state index >= 15 is 0 Å². The van der Waals surface area contributed by atoms with Crippen LogP contribution in [0, 0.1) is 5.92 Å². The fraction of sp³-hybridized carbons (Fsp3) is 0.333. The Hall–Kier alpha value is -2.39. The molecule has 3 N–H and O–H groups in total. The standard InChI is InChI=1S/C15H18N4O4S/c1-23-12-4-2-11(3-5-12)13-7-14(18-17-13)19-8-10(6-15(19)20)9-24(16,21)22/h2-5,7,10H,6,8-9H2,1H3,(H,17,18)(H2,16,21,22). The number of amides is 1. The van der Waals surface area contributed by atoms with Crippen LogP contribution in [-0.4, -0.2) is 43.9 Å². The van der Waals surface area contributed by atoms with Crippen LogP contribution in [0.25, 0.3) is 11.3 Å². The number of sulfonamides is 1. The molecule has 1 unspecified atom stereocenters. The van der Waals surface area contributed by atoms with Gasteiger partial charge in [-0.2, -0.15) is 5.10 Å². The number of H-pyrrole nitrogens is 1. The molecule has 24 heavy (non-hydrogen) atoms. The number of primary sulfonamides is 1. The lowest BCUT2D eigenvalue weighted by atomic mass is 10.1.